The molecule has 0 aromatic carbocycles. The normalized spacial score (nSPS) is 14.5. The molecule has 0 rings (SSSR count). The summed E-state index contributed by atoms with van der Waals surface area (Å²) in [6, 6.07) is -1.48. The van der Waals surface area contributed by atoms with Gasteiger partial charge in [0.15, 0.2) is 0 Å². The van der Waals surface area contributed by atoms with Crippen molar-refractivity contribution in [3.8, 4) is 0 Å². The summed E-state index contributed by atoms with van der Waals surface area (Å²) in [7, 11) is -4.63. The van der Waals surface area contributed by atoms with E-state index in [-0.39, 0.29) is 13.0 Å². The highest BCUT2D eigenvalue weighted by atomic mass is 31.2. The predicted octanol–water partition coefficient (Wildman–Crippen LogP) is 11.6. The second-order valence-electron chi connectivity index (χ2n) is 14.1. The molecule has 0 aromatic heterocycles. The van der Waals surface area contributed by atoms with Gasteiger partial charge in [-0.25, -0.2) is 4.57 Å². The fraction of sp³-hybridized carbons (Fsp3) is 0.727. The Hall–Kier alpha value is -2.33. The predicted molar refractivity (Wildman–Crippen MR) is 226 cm³/mol. The Labute approximate surface area is 334 Å². The summed E-state index contributed by atoms with van der Waals surface area (Å²) in [5, 5.41) is 8.89. The van der Waals surface area contributed by atoms with Crippen LogP contribution in [0.3, 0.4) is 0 Å². The molecular weight excluding hydrogens is 717 g/mol. The number of phosphoric ester groups is 1. The fourth-order valence-electron chi connectivity index (χ4n) is 5.47. The first kappa shape index (κ1) is 52.7. The number of phosphoric acid groups is 1. The monoisotopic (exact) mass is 796 g/mol. The van der Waals surface area contributed by atoms with Crippen molar-refractivity contribution < 1.29 is 42.7 Å². The molecule has 0 radical (unpaired) electrons. The lowest BCUT2D eigenvalue weighted by Gasteiger charge is -2.20. The summed E-state index contributed by atoms with van der Waals surface area (Å²) in [5.74, 6) is -1.81. The maximum absolute atomic E-state index is 12.6. The first-order valence-electron chi connectivity index (χ1n) is 21.3. The number of carboxylic acids is 1. The summed E-state index contributed by atoms with van der Waals surface area (Å²) < 4.78 is 33.3. The van der Waals surface area contributed by atoms with Gasteiger partial charge in [-0.2, -0.15) is 0 Å². The van der Waals surface area contributed by atoms with E-state index in [1.165, 1.54) is 77.0 Å². The molecule has 0 spiro atoms. The van der Waals surface area contributed by atoms with Crippen molar-refractivity contribution in [2.75, 3.05) is 26.4 Å². The van der Waals surface area contributed by atoms with Crippen LogP contribution in [0.4, 0.5) is 0 Å². The van der Waals surface area contributed by atoms with Crippen LogP contribution in [0.15, 0.2) is 60.8 Å². The standard InChI is InChI=1S/C44H78NO9P/c1-3-5-7-9-11-13-15-17-18-19-20-21-22-23-25-27-29-31-33-35-37-51-38-41(39-52-55(49,50)53-40-42(45)44(47)48)54-43(46)36-34-32-30-28-26-24-16-14-12-10-8-6-4-2/h6,8,11-14,17-18,24,26,41-42H,3-5,7,9-10,15-16,19-23,25,27-40,45H2,1-2H3,(H,47,48)(H,49,50)/b8-6-,13-11-,14-12-,18-17-,26-24-. The van der Waals surface area contributed by atoms with Gasteiger partial charge in [-0.15, -0.1) is 0 Å². The van der Waals surface area contributed by atoms with Gasteiger partial charge in [-0.05, 0) is 77.0 Å². The lowest BCUT2D eigenvalue weighted by molar-refractivity contribution is -0.154. The first-order chi connectivity index (χ1) is 26.7. The maximum atomic E-state index is 12.6. The molecule has 0 heterocycles. The molecule has 0 bridgehead atoms. The van der Waals surface area contributed by atoms with E-state index in [0.29, 0.717) is 13.0 Å². The van der Waals surface area contributed by atoms with Crippen LogP contribution in [0, 0.1) is 0 Å². The molecule has 3 atom stereocenters. The second kappa shape index (κ2) is 39.9. The van der Waals surface area contributed by atoms with Crippen LogP contribution in [0.25, 0.3) is 0 Å². The van der Waals surface area contributed by atoms with Gasteiger partial charge in [0.2, 0.25) is 0 Å². The lowest BCUT2D eigenvalue weighted by Crippen LogP contribution is -2.34. The quantitative estimate of drug-likeness (QED) is 0.0236. The van der Waals surface area contributed by atoms with Crippen molar-refractivity contribution in [2.24, 2.45) is 5.73 Å². The Morgan fingerprint density at radius 2 is 1.05 bits per heavy atom. The first-order valence-corrected chi connectivity index (χ1v) is 22.8. The van der Waals surface area contributed by atoms with Gasteiger partial charge in [0, 0.05) is 13.0 Å². The van der Waals surface area contributed by atoms with Crippen LogP contribution < -0.4 is 5.73 Å². The van der Waals surface area contributed by atoms with Gasteiger partial charge < -0.3 is 25.2 Å². The third-order valence-electron chi connectivity index (χ3n) is 8.78. The average Bonchev–Trinajstić information content (AvgIpc) is 3.16. The zero-order valence-electron chi connectivity index (χ0n) is 34.5. The van der Waals surface area contributed by atoms with Gasteiger partial charge >= 0.3 is 19.8 Å². The summed E-state index contributed by atoms with van der Waals surface area (Å²) in [5.41, 5.74) is 5.35. The zero-order valence-corrected chi connectivity index (χ0v) is 35.4. The molecule has 0 aliphatic rings. The van der Waals surface area contributed by atoms with Crippen LogP contribution in [0.1, 0.15) is 168 Å². The number of esters is 1. The van der Waals surface area contributed by atoms with Crippen LogP contribution in [-0.4, -0.2) is 60.5 Å². The molecule has 0 aliphatic carbocycles. The molecule has 11 heteroatoms. The van der Waals surface area contributed by atoms with Gasteiger partial charge in [0.1, 0.15) is 12.1 Å². The minimum absolute atomic E-state index is 0.000473. The molecule has 4 N–H and O–H groups in total. The van der Waals surface area contributed by atoms with E-state index in [1.54, 1.807) is 0 Å². The molecular formula is C44H78NO9P. The van der Waals surface area contributed by atoms with Crippen LogP contribution in [0.5, 0.6) is 0 Å². The number of hydrogen-bond acceptors (Lipinski definition) is 8. The third kappa shape index (κ3) is 39.7. The number of hydrogen-bond donors (Lipinski definition) is 3. The zero-order chi connectivity index (χ0) is 40.5. The number of rotatable bonds is 40. The highest BCUT2D eigenvalue weighted by Crippen LogP contribution is 2.43. The third-order valence-corrected chi connectivity index (χ3v) is 9.73. The van der Waals surface area contributed by atoms with Crippen molar-refractivity contribution in [1.82, 2.24) is 0 Å². The summed E-state index contributed by atoms with van der Waals surface area (Å²) in [6.07, 6.45) is 47.1. The van der Waals surface area contributed by atoms with E-state index in [4.69, 9.17) is 29.4 Å². The molecule has 0 amide bonds. The van der Waals surface area contributed by atoms with E-state index in [0.717, 1.165) is 64.2 Å². The Kier molecular flexibility index (Phi) is 38.2. The van der Waals surface area contributed by atoms with E-state index in [2.05, 4.69) is 74.6 Å². The minimum atomic E-state index is -4.63. The Morgan fingerprint density at radius 3 is 1.58 bits per heavy atom. The Bertz CT molecular complexity index is 1100. The SMILES string of the molecule is CC/C=C\C/C=C\C/C=C\CCCCCC(=O)OC(COCCCCCCCCCCCC/C=C\C/C=C\CCCCC)COP(=O)(O)OCC(N)C(=O)O. The fourth-order valence-corrected chi connectivity index (χ4v) is 6.25. The largest absolute Gasteiger partial charge is 0.480 e. The van der Waals surface area contributed by atoms with Crippen LogP contribution in [0.2, 0.25) is 0 Å². The van der Waals surface area contributed by atoms with Crippen molar-refractivity contribution in [3.63, 3.8) is 0 Å². The van der Waals surface area contributed by atoms with Crippen LogP contribution >= 0.6 is 7.82 Å². The number of carboxylic acid groups (broad SMARTS) is 1. The Morgan fingerprint density at radius 1 is 0.600 bits per heavy atom. The highest BCUT2D eigenvalue weighted by Gasteiger charge is 2.27. The molecule has 10 nitrogen and oxygen atoms in total. The van der Waals surface area contributed by atoms with Gasteiger partial charge in [-0.1, -0.05) is 145 Å². The maximum Gasteiger partial charge on any atom is 0.472 e. The van der Waals surface area contributed by atoms with Gasteiger partial charge in [0.05, 0.1) is 19.8 Å². The molecule has 0 fully saturated rings. The highest BCUT2D eigenvalue weighted by molar-refractivity contribution is 7.47. The van der Waals surface area contributed by atoms with E-state index >= 15 is 0 Å². The van der Waals surface area contributed by atoms with Crippen molar-refractivity contribution >= 4 is 19.8 Å². The van der Waals surface area contributed by atoms with Crippen molar-refractivity contribution in [2.45, 2.75) is 180 Å². The molecule has 0 saturated carbocycles. The summed E-state index contributed by atoms with van der Waals surface area (Å²) in [4.78, 5) is 33.5. The summed E-state index contributed by atoms with van der Waals surface area (Å²) >= 11 is 0. The van der Waals surface area contributed by atoms with Crippen molar-refractivity contribution in [3.05, 3.63) is 60.8 Å². The molecule has 0 saturated heterocycles. The topological polar surface area (TPSA) is 155 Å². The van der Waals surface area contributed by atoms with Gasteiger partial charge in [-0.3, -0.25) is 18.6 Å². The number of carbonyl (C=O) groups excluding carboxylic acids is 1. The number of ether oxygens (including phenoxy) is 2. The summed E-state index contributed by atoms with van der Waals surface area (Å²) in [6.45, 7) is 3.68. The number of allylic oxidation sites excluding steroid dienone is 10. The molecule has 0 aromatic rings. The second-order valence-corrected chi connectivity index (χ2v) is 15.5. The number of unbranched alkanes of at least 4 members (excludes halogenated alkanes) is 16. The minimum Gasteiger partial charge on any atom is -0.480 e. The number of carbonyl (C=O) groups is 2. The van der Waals surface area contributed by atoms with E-state index < -0.39 is 45.1 Å². The molecule has 55 heavy (non-hydrogen) atoms. The van der Waals surface area contributed by atoms with E-state index in [9.17, 15) is 19.0 Å². The molecule has 0 aliphatic heterocycles. The molecule has 318 valence electrons. The lowest BCUT2D eigenvalue weighted by atomic mass is 10.1. The van der Waals surface area contributed by atoms with Gasteiger partial charge in [0.25, 0.3) is 0 Å². The van der Waals surface area contributed by atoms with Crippen LogP contribution in [-0.2, 0) is 32.7 Å². The molecule has 3 unspecified atom stereocenters. The smallest absolute Gasteiger partial charge is 0.472 e. The number of aliphatic carboxylic acids is 1. The Balaban J connectivity index is 4.25. The average molecular weight is 796 g/mol. The number of nitrogens with two attached hydrogens (primary N) is 1. The van der Waals surface area contributed by atoms with E-state index in [1.807, 2.05) is 0 Å². The van der Waals surface area contributed by atoms with Crippen molar-refractivity contribution in [1.29, 1.82) is 0 Å².